The van der Waals surface area contributed by atoms with Gasteiger partial charge in [-0.15, -0.1) is 0 Å². The summed E-state index contributed by atoms with van der Waals surface area (Å²) in [5.74, 6) is -4.10. The van der Waals surface area contributed by atoms with Crippen molar-refractivity contribution in [3.05, 3.63) is 72.8 Å². The van der Waals surface area contributed by atoms with Gasteiger partial charge in [-0.25, -0.2) is 0 Å². The molecule has 0 heterocycles. The van der Waals surface area contributed by atoms with E-state index >= 15 is 0 Å². The lowest BCUT2D eigenvalue weighted by Gasteiger charge is -2.07. The average Bonchev–Trinajstić information content (AvgIpc) is 2.66. The van der Waals surface area contributed by atoms with Crippen molar-refractivity contribution in [1.29, 1.82) is 0 Å². The first kappa shape index (κ1) is 20.1. The van der Waals surface area contributed by atoms with E-state index in [0.29, 0.717) is 23.5 Å². The van der Waals surface area contributed by atoms with Gasteiger partial charge in [-0.05, 0) is 47.5 Å². The number of carbonyl (C=O) groups is 4. The van der Waals surface area contributed by atoms with Crippen LogP contribution in [0.15, 0.2) is 72.8 Å². The summed E-state index contributed by atoms with van der Waals surface area (Å²) in [6, 6.07) is 13.6. The van der Waals surface area contributed by atoms with E-state index in [1.54, 1.807) is 48.5 Å². The first-order chi connectivity index (χ1) is 13.3. The average molecular weight is 378 g/mol. The SMILES string of the molecule is O=C([O-])/C=C/C(=O)Nc1ccc(-c2ccc(NC(=O)/C=C/C(=O)[O-])cc2)cc1. The Balaban J connectivity index is 2.00. The van der Waals surface area contributed by atoms with Crippen molar-refractivity contribution >= 4 is 35.1 Å². The smallest absolute Gasteiger partial charge is 0.248 e. The Morgan fingerprint density at radius 3 is 1.18 bits per heavy atom. The largest absolute Gasteiger partial charge is 0.545 e. The van der Waals surface area contributed by atoms with E-state index < -0.39 is 23.8 Å². The van der Waals surface area contributed by atoms with E-state index in [9.17, 15) is 29.4 Å². The number of amides is 2. The predicted molar refractivity (Wildman–Crippen MR) is 97.4 cm³/mol. The Hall–Kier alpha value is -4.20. The normalized spacial score (nSPS) is 10.7. The number of nitrogens with one attached hydrogen (secondary N) is 2. The summed E-state index contributed by atoms with van der Waals surface area (Å²) in [7, 11) is 0. The third kappa shape index (κ3) is 6.60. The van der Waals surface area contributed by atoms with Gasteiger partial charge in [0.1, 0.15) is 0 Å². The van der Waals surface area contributed by atoms with E-state index in [-0.39, 0.29) is 0 Å². The van der Waals surface area contributed by atoms with Crippen molar-refractivity contribution in [2.24, 2.45) is 0 Å². The molecule has 0 fully saturated rings. The first-order valence-electron chi connectivity index (χ1n) is 7.94. The van der Waals surface area contributed by atoms with E-state index in [4.69, 9.17) is 0 Å². The van der Waals surface area contributed by atoms with Crippen LogP contribution < -0.4 is 20.8 Å². The fourth-order valence-electron chi connectivity index (χ4n) is 2.15. The molecule has 0 spiro atoms. The molecule has 28 heavy (non-hydrogen) atoms. The van der Waals surface area contributed by atoms with Crippen LogP contribution in [0.5, 0.6) is 0 Å². The van der Waals surface area contributed by atoms with Crippen LogP contribution in [0.3, 0.4) is 0 Å². The maximum atomic E-state index is 11.5. The monoisotopic (exact) mass is 378 g/mol. The highest BCUT2D eigenvalue weighted by atomic mass is 16.4. The van der Waals surface area contributed by atoms with Gasteiger partial charge in [0.05, 0.1) is 11.9 Å². The molecular formula is C20H14N2O6-2. The second kappa shape index (κ2) is 9.48. The number of carboxylic acids is 2. The maximum Gasteiger partial charge on any atom is 0.248 e. The van der Waals surface area contributed by atoms with Crippen LogP contribution in [-0.2, 0) is 19.2 Å². The van der Waals surface area contributed by atoms with Gasteiger partial charge in [0, 0.05) is 23.5 Å². The van der Waals surface area contributed by atoms with Gasteiger partial charge in [-0.2, -0.15) is 0 Å². The van der Waals surface area contributed by atoms with Gasteiger partial charge in [0.15, 0.2) is 0 Å². The van der Waals surface area contributed by atoms with Crippen LogP contribution in [0, 0.1) is 0 Å². The molecule has 142 valence electrons. The number of carboxylic acid groups (broad SMARTS) is 2. The minimum atomic E-state index is -1.46. The Morgan fingerprint density at radius 1 is 0.571 bits per heavy atom. The molecule has 0 aliphatic carbocycles. The zero-order chi connectivity index (χ0) is 20.5. The Bertz CT molecular complexity index is 864. The molecule has 8 heteroatoms. The fourth-order valence-corrected chi connectivity index (χ4v) is 2.15. The van der Waals surface area contributed by atoms with Crippen LogP contribution in [0.4, 0.5) is 11.4 Å². The van der Waals surface area contributed by atoms with E-state index in [1.807, 2.05) is 0 Å². The highest BCUT2D eigenvalue weighted by Crippen LogP contribution is 2.23. The number of anilines is 2. The third-order valence-electron chi connectivity index (χ3n) is 3.38. The zero-order valence-corrected chi connectivity index (χ0v) is 14.4. The lowest BCUT2D eigenvalue weighted by Crippen LogP contribution is -2.20. The molecule has 0 aromatic heterocycles. The summed E-state index contributed by atoms with van der Waals surface area (Å²) < 4.78 is 0. The minimum absolute atomic E-state index is 0.486. The van der Waals surface area contributed by atoms with Crippen LogP contribution in [0.1, 0.15) is 0 Å². The van der Waals surface area contributed by atoms with Crippen molar-refractivity contribution in [3.8, 4) is 11.1 Å². The summed E-state index contributed by atoms with van der Waals surface area (Å²) in [5.41, 5.74) is 2.66. The molecule has 2 N–H and O–H groups in total. The van der Waals surface area contributed by atoms with Crippen LogP contribution in [-0.4, -0.2) is 23.8 Å². The second-order valence-electron chi connectivity index (χ2n) is 5.44. The van der Waals surface area contributed by atoms with Gasteiger partial charge in [0.2, 0.25) is 11.8 Å². The molecule has 0 radical (unpaired) electrons. The van der Waals surface area contributed by atoms with Gasteiger partial charge in [-0.1, -0.05) is 24.3 Å². The Labute approximate surface area is 159 Å². The van der Waals surface area contributed by atoms with Crippen LogP contribution in [0.25, 0.3) is 11.1 Å². The van der Waals surface area contributed by atoms with Crippen molar-refractivity contribution < 1.29 is 29.4 Å². The van der Waals surface area contributed by atoms with Crippen molar-refractivity contribution in [3.63, 3.8) is 0 Å². The second-order valence-corrected chi connectivity index (χ2v) is 5.44. The molecule has 2 rings (SSSR count). The fraction of sp³-hybridized carbons (Fsp3) is 0. The molecule has 0 aliphatic heterocycles. The van der Waals surface area contributed by atoms with Crippen LogP contribution in [0.2, 0.25) is 0 Å². The molecule has 0 saturated carbocycles. The van der Waals surface area contributed by atoms with Crippen molar-refractivity contribution in [1.82, 2.24) is 0 Å². The lowest BCUT2D eigenvalue weighted by molar-refractivity contribution is -0.298. The Morgan fingerprint density at radius 2 is 0.893 bits per heavy atom. The molecule has 0 atom stereocenters. The van der Waals surface area contributed by atoms with Crippen LogP contribution >= 0.6 is 0 Å². The van der Waals surface area contributed by atoms with Gasteiger partial charge < -0.3 is 30.4 Å². The third-order valence-corrected chi connectivity index (χ3v) is 3.38. The maximum absolute atomic E-state index is 11.5. The minimum Gasteiger partial charge on any atom is -0.545 e. The van der Waals surface area contributed by atoms with E-state index in [1.165, 1.54) is 0 Å². The first-order valence-corrected chi connectivity index (χ1v) is 7.94. The number of hydrogen-bond acceptors (Lipinski definition) is 6. The summed E-state index contributed by atoms with van der Waals surface area (Å²) in [4.78, 5) is 43.6. The van der Waals surface area contributed by atoms with E-state index in [2.05, 4.69) is 10.6 Å². The molecule has 2 aromatic carbocycles. The quantitative estimate of drug-likeness (QED) is 0.642. The highest BCUT2D eigenvalue weighted by molar-refractivity contribution is 6.02. The molecular weight excluding hydrogens is 364 g/mol. The summed E-state index contributed by atoms with van der Waals surface area (Å²) in [6.45, 7) is 0. The Kier molecular flexibility index (Phi) is 6.81. The number of rotatable bonds is 7. The molecule has 0 saturated heterocycles. The van der Waals surface area contributed by atoms with Crippen molar-refractivity contribution in [2.45, 2.75) is 0 Å². The van der Waals surface area contributed by atoms with Gasteiger partial charge in [-0.3, -0.25) is 9.59 Å². The number of carbonyl (C=O) groups excluding carboxylic acids is 4. The summed E-state index contributed by atoms with van der Waals surface area (Å²) in [5, 5.41) is 25.6. The topological polar surface area (TPSA) is 138 Å². The molecule has 0 aliphatic rings. The molecule has 2 amide bonds. The summed E-state index contributed by atoms with van der Waals surface area (Å²) >= 11 is 0. The molecule has 0 unspecified atom stereocenters. The number of hydrogen-bond donors (Lipinski definition) is 2. The standard InChI is InChI=1S/C20H16N2O6/c23-17(9-11-19(25)26)21-15-5-1-13(2-6-15)14-3-7-16(8-4-14)22-18(24)10-12-20(27)28/h1-12H,(H,21,23)(H,22,24)(H,25,26)(H,27,28)/p-2/b11-9+,12-10+. The predicted octanol–water partition coefficient (Wildman–Crippen LogP) is -0.157. The number of benzene rings is 2. The highest BCUT2D eigenvalue weighted by Gasteiger charge is 2.02. The molecule has 2 aromatic rings. The summed E-state index contributed by atoms with van der Waals surface area (Å²) in [6.07, 6.45) is 2.99. The lowest BCUT2D eigenvalue weighted by atomic mass is 10.0. The van der Waals surface area contributed by atoms with Crippen molar-refractivity contribution in [2.75, 3.05) is 10.6 Å². The molecule has 0 bridgehead atoms. The van der Waals surface area contributed by atoms with Gasteiger partial charge >= 0.3 is 0 Å². The zero-order valence-electron chi connectivity index (χ0n) is 14.4. The van der Waals surface area contributed by atoms with E-state index in [0.717, 1.165) is 23.3 Å². The number of aliphatic carboxylic acids is 2. The molecule has 8 nitrogen and oxygen atoms in total. The van der Waals surface area contributed by atoms with Gasteiger partial charge in [0.25, 0.3) is 0 Å².